The third kappa shape index (κ3) is 4.19. The maximum absolute atomic E-state index is 13.4. The lowest BCUT2D eigenvalue weighted by molar-refractivity contribution is -0.132. The Hall–Kier alpha value is -3.93. The van der Waals surface area contributed by atoms with Crippen molar-refractivity contribution in [3.05, 3.63) is 101 Å². The van der Waals surface area contributed by atoms with Crippen LogP contribution in [0.2, 0.25) is 0 Å². The van der Waals surface area contributed by atoms with Crippen molar-refractivity contribution in [2.45, 2.75) is 32.2 Å². The molecule has 1 amide bonds. The smallest absolute Gasteiger partial charge is 0.300 e. The Morgan fingerprint density at radius 3 is 2.03 bits per heavy atom. The van der Waals surface area contributed by atoms with E-state index in [1.165, 1.54) is 29.2 Å². The highest BCUT2D eigenvalue weighted by atomic mass is 19.1. The van der Waals surface area contributed by atoms with Crippen LogP contribution in [0.1, 0.15) is 43.5 Å². The van der Waals surface area contributed by atoms with Gasteiger partial charge in [-0.15, -0.1) is 0 Å². The summed E-state index contributed by atoms with van der Waals surface area (Å²) in [6.45, 7) is 6.29. The Morgan fingerprint density at radius 2 is 1.50 bits per heavy atom. The quantitative estimate of drug-likeness (QED) is 0.306. The maximum atomic E-state index is 13.4. The molecule has 1 N–H and O–H groups in total. The molecule has 1 heterocycles. The number of aliphatic hydroxyl groups excluding tert-OH is 1. The van der Waals surface area contributed by atoms with E-state index in [9.17, 15) is 19.1 Å². The molecular formula is C28H26FNO4. The zero-order valence-corrected chi connectivity index (χ0v) is 19.5. The zero-order valence-electron chi connectivity index (χ0n) is 19.5. The summed E-state index contributed by atoms with van der Waals surface area (Å²) in [7, 11) is 1.54. The number of anilines is 1. The van der Waals surface area contributed by atoms with E-state index in [-0.39, 0.29) is 22.3 Å². The molecule has 174 valence electrons. The summed E-state index contributed by atoms with van der Waals surface area (Å²) in [5.41, 5.74) is 2.39. The number of halogens is 1. The van der Waals surface area contributed by atoms with Crippen molar-refractivity contribution in [1.82, 2.24) is 0 Å². The molecule has 1 unspecified atom stereocenters. The highest BCUT2D eigenvalue weighted by molar-refractivity contribution is 6.51. The second-order valence-corrected chi connectivity index (χ2v) is 9.25. The molecular weight excluding hydrogens is 433 g/mol. The van der Waals surface area contributed by atoms with Gasteiger partial charge < -0.3 is 9.84 Å². The van der Waals surface area contributed by atoms with E-state index >= 15 is 0 Å². The third-order valence-corrected chi connectivity index (χ3v) is 6.01. The summed E-state index contributed by atoms with van der Waals surface area (Å²) < 4.78 is 18.7. The molecule has 4 rings (SSSR count). The normalized spacial score (nSPS) is 17.8. The van der Waals surface area contributed by atoms with Crippen molar-refractivity contribution in [2.24, 2.45) is 0 Å². The first-order valence-electron chi connectivity index (χ1n) is 10.9. The number of carbonyl (C=O) groups is 2. The highest BCUT2D eigenvalue weighted by Crippen LogP contribution is 2.42. The van der Waals surface area contributed by atoms with Crippen molar-refractivity contribution in [2.75, 3.05) is 12.0 Å². The van der Waals surface area contributed by atoms with Crippen molar-refractivity contribution in [3.63, 3.8) is 0 Å². The van der Waals surface area contributed by atoms with Gasteiger partial charge in [-0.2, -0.15) is 0 Å². The van der Waals surface area contributed by atoms with Crippen molar-refractivity contribution >= 4 is 23.1 Å². The molecule has 0 saturated carbocycles. The Labute approximate surface area is 198 Å². The van der Waals surface area contributed by atoms with Crippen molar-refractivity contribution < 1.29 is 23.8 Å². The molecule has 0 aliphatic carbocycles. The fourth-order valence-electron chi connectivity index (χ4n) is 4.09. The number of benzene rings is 3. The largest absolute Gasteiger partial charge is 0.507 e. The Morgan fingerprint density at radius 1 is 0.912 bits per heavy atom. The molecule has 1 aliphatic heterocycles. The van der Waals surface area contributed by atoms with Gasteiger partial charge in [0.05, 0.1) is 18.7 Å². The summed E-state index contributed by atoms with van der Waals surface area (Å²) in [5.74, 6) is -1.76. The molecule has 5 nitrogen and oxygen atoms in total. The van der Waals surface area contributed by atoms with Crippen molar-refractivity contribution in [3.8, 4) is 5.75 Å². The van der Waals surface area contributed by atoms with E-state index in [1.54, 1.807) is 31.4 Å². The average molecular weight is 460 g/mol. The molecule has 3 aromatic carbocycles. The molecule has 0 bridgehead atoms. The first kappa shape index (κ1) is 23.2. The van der Waals surface area contributed by atoms with Crippen molar-refractivity contribution in [1.29, 1.82) is 0 Å². The van der Waals surface area contributed by atoms with Crippen LogP contribution in [-0.2, 0) is 15.0 Å². The number of hydrogen-bond acceptors (Lipinski definition) is 4. The molecule has 1 saturated heterocycles. The SMILES string of the molecule is COc1ccc(N2C(=O)C(=O)/C(=C(\O)c3ccc(F)cc3)C2c2ccc(C(C)(C)C)cc2)cc1. The lowest BCUT2D eigenvalue weighted by Crippen LogP contribution is -2.29. The monoisotopic (exact) mass is 459 g/mol. The summed E-state index contributed by atoms with van der Waals surface area (Å²) in [5, 5.41) is 11.1. The Kier molecular flexibility index (Phi) is 6.00. The summed E-state index contributed by atoms with van der Waals surface area (Å²) in [6.07, 6.45) is 0. The molecule has 34 heavy (non-hydrogen) atoms. The topological polar surface area (TPSA) is 66.8 Å². The van der Waals surface area contributed by atoms with Gasteiger partial charge in [0.1, 0.15) is 17.3 Å². The standard InChI is InChI=1S/C28H26FNO4/c1-28(2,3)19-9-5-17(6-10-19)24-23(25(31)18-7-11-20(29)12-8-18)26(32)27(33)30(24)21-13-15-22(34-4)16-14-21/h5-16,24,31H,1-4H3/b25-23-. The summed E-state index contributed by atoms with van der Waals surface area (Å²) >= 11 is 0. The highest BCUT2D eigenvalue weighted by Gasteiger charge is 2.47. The molecule has 6 heteroatoms. The van der Waals surface area contributed by atoms with Crippen LogP contribution in [0.4, 0.5) is 10.1 Å². The number of rotatable bonds is 4. The first-order chi connectivity index (χ1) is 16.1. The molecule has 0 spiro atoms. The van der Waals surface area contributed by atoms with Crippen LogP contribution in [0.5, 0.6) is 5.75 Å². The van der Waals surface area contributed by atoms with Gasteiger partial charge in [0.15, 0.2) is 0 Å². The van der Waals surface area contributed by atoms with Crippen LogP contribution in [-0.4, -0.2) is 23.9 Å². The average Bonchev–Trinajstić information content (AvgIpc) is 3.09. The van der Waals surface area contributed by atoms with E-state index in [0.29, 0.717) is 17.0 Å². The minimum absolute atomic E-state index is 0.0454. The summed E-state index contributed by atoms with van der Waals surface area (Å²) in [4.78, 5) is 27.8. The second kappa shape index (κ2) is 8.78. The number of nitrogens with zero attached hydrogens (tertiary/aromatic N) is 1. The first-order valence-corrected chi connectivity index (χ1v) is 10.9. The van der Waals surface area contributed by atoms with Gasteiger partial charge in [-0.1, -0.05) is 45.0 Å². The molecule has 1 atom stereocenters. The predicted octanol–water partition coefficient (Wildman–Crippen LogP) is 5.76. The molecule has 0 aromatic heterocycles. The molecule has 1 fully saturated rings. The lowest BCUT2D eigenvalue weighted by Gasteiger charge is -2.26. The van der Waals surface area contributed by atoms with Gasteiger partial charge in [-0.25, -0.2) is 4.39 Å². The van der Waals surface area contributed by atoms with E-state index in [1.807, 2.05) is 24.3 Å². The number of ether oxygens (including phenoxy) is 1. The third-order valence-electron chi connectivity index (χ3n) is 6.01. The number of Topliss-reactive ketones (excluding diaryl/α,β-unsaturated/α-hetero) is 1. The van der Waals surface area contributed by atoms with Crippen LogP contribution in [0, 0.1) is 5.82 Å². The van der Waals surface area contributed by atoms with Crippen LogP contribution in [0.15, 0.2) is 78.4 Å². The van der Waals surface area contributed by atoms with Crippen LogP contribution >= 0.6 is 0 Å². The lowest BCUT2D eigenvalue weighted by atomic mass is 9.85. The maximum Gasteiger partial charge on any atom is 0.300 e. The van der Waals surface area contributed by atoms with Gasteiger partial charge in [-0.3, -0.25) is 14.5 Å². The number of aliphatic hydroxyl groups is 1. The van der Waals surface area contributed by atoms with Gasteiger partial charge in [0.2, 0.25) is 0 Å². The minimum Gasteiger partial charge on any atom is -0.507 e. The van der Waals surface area contributed by atoms with Crippen LogP contribution in [0.3, 0.4) is 0 Å². The number of hydrogen-bond donors (Lipinski definition) is 1. The Balaban J connectivity index is 1.90. The molecule has 0 radical (unpaired) electrons. The number of ketones is 1. The zero-order chi connectivity index (χ0) is 24.6. The van der Waals surface area contributed by atoms with E-state index in [4.69, 9.17) is 4.74 Å². The number of methoxy groups -OCH3 is 1. The summed E-state index contributed by atoms with van der Waals surface area (Å²) in [6, 6.07) is 18.7. The van der Waals surface area contributed by atoms with E-state index in [2.05, 4.69) is 20.8 Å². The van der Waals surface area contributed by atoms with Gasteiger partial charge in [0, 0.05) is 11.3 Å². The van der Waals surface area contributed by atoms with Gasteiger partial charge in [-0.05, 0) is 65.1 Å². The fraction of sp³-hybridized carbons (Fsp3) is 0.214. The molecule has 3 aromatic rings. The fourth-order valence-corrected chi connectivity index (χ4v) is 4.09. The number of carbonyl (C=O) groups excluding carboxylic acids is 2. The molecule has 1 aliphatic rings. The minimum atomic E-state index is -0.854. The Bertz CT molecular complexity index is 1250. The predicted molar refractivity (Wildman–Crippen MR) is 129 cm³/mol. The van der Waals surface area contributed by atoms with E-state index < -0.39 is 23.5 Å². The number of amides is 1. The van der Waals surface area contributed by atoms with E-state index in [0.717, 1.165) is 5.56 Å². The van der Waals surface area contributed by atoms with Crippen LogP contribution in [0.25, 0.3) is 5.76 Å². The van der Waals surface area contributed by atoms with Gasteiger partial charge in [0.25, 0.3) is 11.7 Å². The van der Waals surface area contributed by atoms with Gasteiger partial charge >= 0.3 is 0 Å². The van der Waals surface area contributed by atoms with Crippen LogP contribution < -0.4 is 9.64 Å². The second-order valence-electron chi connectivity index (χ2n) is 9.25.